The van der Waals surface area contributed by atoms with Gasteiger partial charge in [-0.2, -0.15) is 0 Å². The average Bonchev–Trinajstić information content (AvgIpc) is 2.87. The van der Waals surface area contributed by atoms with Crippen LogP contribution in [-0.4, -0.2) is 35.2 Å². The average molecular weight is 290 g/mol. The third-order valence-corrected chi connectivity index (χ3v) is 3.52. The normalized spacial score (nSPS) is 23.4. The van der Waals surface area contributed by atoms with Gasteiger partial charge in [0.2, 0.25) is 5.89 Å². The van der Waals surface area contributed by atoms with E-state index in [1.807, 2.05) is 0 Å². The van der Waals surface area contributed by atoms with Gasteiger partial charge in [-0.05, 0) is 38.1 Å². The third kappa shape index (κ3) is 3.49. The lowest BCUT2D eigenvalue weighted by molar-refractivity contribution is -0.0707. The summed E-state index contributed by atoms with van der Waals surface area (Å²) in [4.78, 5) is 6.79. The molecule has 1 fully saturated rings. The maximum Gasteiger partial charge on any atom is 0.226 e. The molecule has 0 bridgehead atoms. The minimum absolute atomic E-state index is 0.234. The number of halogens is 1. The number of hydrogen-bond donors (Lipinski definition) is 0. The molecule has 0 aliphatic carbocycles. The molecule has 2 aromatic rings. The molecule has 1 saturated heterocycles. The topological polar surface area (TPSA) is 38.5 Å². The van der Waals surface area contributed by atoms with Gasteiger partial charge in [0.15, 0.2) is 0 Å². The molecular formula is C16H19FN2O2. The predicted octanol–water partition coefficient (Wildman–Crippen LogP) is 3.09. The van der Waals surface area contributed by atoms with Crippen LogP contribution in [0.25, 0.3) is 11.5 Å². The Morgan fingerprint density at radius 3 is 2.52 bits per heavy atom. The first-order valence-electron chi connectivity index (χ1n) is 7.18. The highest BCUT2D eigenvalue weighted by molar-refractivity contribution is 5.52. The lowest BCUT2D eigenvalue weighted by Gasteiger charge is -2.34. The summed E-state index contributed by atoms with van der Waals surface area (Å²) in [5, 5.41) is 0. The van der Waals surface area contributed by atoms with E-state index in [0.29, 0.717) is 5.89 Å². The fourth-order valence-corrected chi connectivity index (χ4v) is 2.75. The maximum atomic E-state index is 12.9. The van der Waals surface area contributed by atoms with Gasteiger partial charge in [0.1, 0.15) is 12.1 Å². The van der Waals surface area contributed by atoms with E-state index in [4.69, 9.17) is 9.15 Å². The van der Waals surface area contributed by atoms with Gasteiger partial charge in [-0.15, -0.1) is 0 Å². The van der Waals surface area contributed by atoms with E-state index >= 15 is 0 Å². The predicted molar refractivity (Wildman–Crippen MR) is 77.2 cm³/mol. The van der Waals surface area contributed by atoms with Crippen molar-refractivity contribution in [2.45, 2.75) is 32.6 Å². The van der Waals surface area contributed by atoms with Crippen LogP contribution in [0.5, 0.6) is 0 Å². The summed E-state index contributed by atoms with van der Waals surface area (Å²) in [6.07, 6.45) is 2.14. The molecule has 2 atom stereocenters. The van der Waals surface area contributed by atoms with Crippen molar-refractivity contribution in [3.05, 3.63) is 42.0 Å². The molecular weight excluding hydrogens is 271 g/mol. The Kier molecular flexibility index (Phi) is 4.03. The minimum Gasteiger partial charge on any atom is -0.444 e. The zero-order valence-corrected chi connectivity index (χ0v) is 12.3. The number of nitrogens with zero attached hydrogens (tertiary/aromatic N) is 2. The molecule has 21 heavy (non-hydrogen) atoms. The standard InChI is InChI=1S/C16H19FN2O2/c1-11-7-19(8-12(2)21-11)9-15-10-20-16(18-15)13-3-5-14(17)6-4-13/h3-6,10-12H,7-9H2,1-2H3. The Bertz CT molecular complexity index is 587. The fourth-order valence-electron chi connectivity index (χ4n) is 2.75. The Labute approximate surface area is 123 Å². The third-order valence-electron chi connectivity index (χ3n) is 3.52. The van der Waals surface area contributed by atoms with Crippen molar-refractivity contribution >= 4 is 0 Å². The van der Waals surface area contributed by atoms with Gasteiger partial charge >= 0.3 is 0 Å². The second kappa shape index (κ2) is 5.95. The van der Waals surface area contributed by atoms with Crippen LogP contribution in [0, 0.1) is 5.82 Å². The van der Waals surface area contributed by atoms with Gasteiger partial charge in [-0.3, -0.25) is 4.90 Å². The Hall–Kier alpha value is -1.72. The molecule has 3 rings (SSSR count). The Balaban J connectivity index is 1.69. The van der Waals surface area contributed by atoms with Gasteiger partial charge in [-0.25, -0.2) is 9.37 Å². The molecule has 0 radical (unpaired) electrons. The summed E-state index contributed by atoms with van der Waals surface area (Å²) in [5.74, 6) is 0.265. The van der Waals surface area contributed by atoms with Gasteiger partial charge in [0.05, 0.1) is 17.9 Å². The summed E-state index contributed by atoms with van der Waals surface area (Å²) >= 11 is 0. The van der Waals surface area contributed by atoms with Crippen molar-refractivity contribution in [3.8, 4) is 11.5 Å². The number of morpholine rings is 1. The van der Waals surface area contributed by atoms with Crippen LogP contribution < -0.4 is 0 Å². The summed E-state index contributed by atoms with van der Waals surface area (Å²) in [7, 11) is 0. The van der Waals surface area contributed by atoms with Crippen LogP contribution >= 0.6 is 0 Å². The SMILES string of the molecule is CC1CN(Cc2coc(-c3ccc(F)cc3)n2)CC(C)O1. The summed E-state index contributed by atoms with van der Waals surface area (Å²) in [5.41, 5.74) is 1.67. The van der Waals surface area contributed by atoms with Crippen molar-refractivity contribution in [1.29, 1.82) is 0 Å². The number of aromatic nitrogens is 1. The molecule has 0 N–H and O–H groups in total. The van der Waals surface area contributed by atoms with Crippen molar-refractivity contribution in [2.24, 2.45) is 0 Å². The first-order chi connectivity index (χ1) is 10.1. The van der Waals surface area contributed by atoms with Gasteiger partial charge in [-0.1, -0.05) is 0 Å². The quantitative estimate of drug-likeness (QED) is 0.870. The minimum atomic E-state index is -0.262. The molecule has 2 heterocycles. The first kappa shape index (κ1) is 14.2. The molecule has 1 aromatic heterocycles. The van der Waals surface area contributed by atoms with E-state index < -0.39 is 0 Å². The molecule has 1 aromatic carbocycles. The Morgan fingerprint density at radius 1 is 1.19 bits per heavy atom. The molecule has 4 nitrogen and oxygen atoms in total. The van der Waals surface area contributed by atoms with Crippen LogP contribution in [0.4, 0.5) is 4.39 Å². The lowest BCUT2D eigenvalue weighted by Crippen LogP contribution is -2.44. The number of rotatable bonds is 3. The summed E-state index contributed by atoms with van der Waals surface area (Å²) < 4.78 is 24.1. The smallest absolute Gasteiger partial charge is 0.226 e. The number of oxazole rings is 1. The lowest BCUT2D eigenvalue weighted by atomic mass is 10.2. The van der Waals surface area contributed by atoms with E-state index in [9.17, 15) is 4.39 Å². The maximum absolute atomic E-state index is 12.9. The molecule has 112 valence electrons. The highest BCUT2D eigenvalue weighted by atomic mass is 19.1. The summed E-state index contributed by atoms with van der Waals surface area (Å²) in [6, 6.07) is 6.16. The molecule has 1 aliphatic rings. The van der Waals surface area contributed by atoms with E-state index in [1.165, 1.54) is 12.1 Å². The Morgan fingerprint density at radius 2 is 1.86 bits per heavy atom. The van der Waals surface area contributed by atoms with E-state index in [0.717, 1.165) is 30.9 Å². The highest BCUT2D eigenvalue weighted by Crippen LogP contribution is 2.20. The second-order valence-electron chi connectivity index (χ2n) is 5.60. The zero-order chi connectivity index (χ0) is 14.8. The van der Waals surface area contributed by atoms with Crippen molar-refractivity contribution in [3.63, 3.8) is 0 Å². The number of ether oxygens (including phenoxy) is 1. The molecule has 1 aliphatic heterocycles. The van der Waals surface area contributed by atoms with Crippen molar-refractivity contribution < 1.29 is 13.5 Å². The largest absolute Gasteiger partial charge is 0.444 e. The van der Waals surface area contributed by atoms with E-state index in [1.54, 1.807) is 18.4 Å². The van der Waals surface area contributed by atoms with Crippen LogP contribution in [0.15, 0.2) is 34.9 Å². The van der Waals surface area contributed by atoms with Gasteiger partial charge < -0.3 is 9.15 Å². The molecule has 0 spiro atoms. The van der Waals surface area contributed by atoms with Crippen LogP contribution in [-0.2, 0) is 11.3 Å². The van der Waals surface area contributed by atoms with Crippen LogP contribution in [0.3, 0.4) is 0 Å². The van der Waals surface area contributed by atoms with E-state index in [2.05, 4.69) is 23.7 Å². The van der Waals surface area contributed by atoms with Crippen LogP contribution in [0.2, 0.25) is 0 Å². The number of benzene rings is 1. The zero-order valence-electron chi connectivity index (χ0n) is 12.3. The van der Waals surface area contributed by atoms with E-state index in [-0.39, 0.29) is 18.0 Å². The summed E-state index contributed by atoms with van der Waals surface area (Å²) in [6.45, 7) is 6.68. The van der Waals surface area contributed by atoms with Gasteiger partial charge in [0, 0.05) is 25.2 Å². The molecule has 2 unspecified atom stereocenters. The molecule has 0 saturated carbocycles. The number of hydrogen-bond acceptors (Lipinski definition) is 4. The second-order valence-corrected chi connectivity index (χ2v) is 5.60. The van der Waals surface area contributed by atoms with Gasteiger partial charge in [0.25, 0.3) is 0 Å². The monoisotopic (exact) mass is 290 g/mol. The van der Waals surface area contributed by atoms with Crippen molar-refractivity contribution in [2.75, 3.05) is 13.1 Å². The van der Waals surface area contributed by atoms with Crippen molar-refractivity contribution in [1.82, 2.24) is 9.88 Å². The van der Waals surface area contributed by atoms with Crippen LogP contribution in [0.1, 0.15) is 19.5 Å². The first-order valence-corrected chi connectivity index (χ1v) is 7.18. The fraction of sp³-hybridized carbons (Fsp3) is 0.438. The molecule has 0 amide bonds. The molecule has 5 heteroatoms. The highest BCUT2D eigenvalue weighted by Gasteiger charge is 2.23.